The fraction of sp³-hybridized carbons (Fsp3) is 0.333. The molecule has 1 saturated carbocycles. The highest BCUT2D eigenvalue weighted by Gasteiger charge is 2.42. The van der Waals surface area contributed by atoms with Crippen LogP contribution in [-0.2, 0) is 6.42 Å². The van der Waals surface area contributed by atoms with E-state index >= 15 is 0 Å². The highest BCUT2D eigenvalue weighted by atomic mass is 15.4. The Bertz CT molecular complexity index is 834. The summed E-state index contributed by atoms with van der Waals surface area (Å²) in [6.07, 6.45) is 6.28. The van der Waals surface area contributed by atoms with Crippen molar-refractivity contribution in [2.75, 3.05) is 4.90 Å². The van der Waals surface area contributed by atoms with Crippen molar-refractivity contribution < 1.29 is 0 Å². The van der Waals surface area contributed by atoms with Gasteiger partial charge in [0.15, 0.2) is 0 Å². The van der Waals surface area contributed by atoms with Gasteiger partial charge in [0, 0.05) is 5.69 Å². The summed E-state index contributed by atoms with van der Waals surface area (Å²) in [5.41, 5.74) is 15.5. The molecular formula is C21H25N5. The lowest BCUT2D eigenvalue weighted by Gasteiger charge is -2.45. The molecule has 0 saturated heterocycles. The Morgan fingerprint density at radius 3 is 2.38 bits per heavy atom. The highest BCUT2D eigenvalue weighted by molar-refractivity contribution is 6.05. The summed E-state index contributed by atoms with van der Waals surface area (Å²) in [6.45, 7) is 0. The van der Waals surface area contributed by atoms with Gasteiger partial charge < -0.3 is 11.5 Å². The molecule has 0 unspecified atom stereocenters. The molecule has 1 spiro atoms. The van der Waals surface area contributed by atoms with Crippen molar-refractivity contribution in [1.29, 1.82) is 0 Å². The van der Waals surface area contributed by atoms with Gasteiger partial charge in [-0.2, -0.15) is 4.99 Å². The van der Waals surface area contributed by atoms with E-state index in [1.165, 1.54) is 17.5 Å². The monoisotopic (exact) mass is 347 g/mol. The third kappa shape index (κ3) is 3.17. The predicted octanol–water partition coefficient (Wildman–Crippen LogP) is 3.39. The van der Waals surface area contributed by atoms with Gasteiger partial charge in [-0.1, -0.05) is 48.9 Å². The Morgan fingerprint density at radius 1 is 0.885 bits per heavy atom. The standard InChI is InChI=1S/C21H25N5/c22-19-24-20(23)26(21(25-19)12-5-2-6-13-21)18-11-7-10-17(15-18)14-16-8-3-1-4-9-16/h1,3-4,7-11,15H,2,5-6,12-14H2,(H4,22,23,24,25). The van der Waals surface area contributed by atoms with E-state index in [4.69, 9.17) is 16.5 Å². The van der Waals surface area contributed by atoms with Crippen LogP contribution in [0.1, 0.15) is 43.2 Å². The second-order valence-corrected chi connectivity index (χ2v) is 7.15. The summed E-state index contributed by atoms with van der Waals surface area (Å²) in [6, 6.07) is 19.0. The fourth-order valence-electron chi connectivity index (χ4n) is 4.13. The first-order valence-electron chi connectivity index (χ1n) is 9.29. The molecule has 0 aromatic heterocycles. The van der Waals surface area contributed by atoms with Crippen LogP contribution in [0.15, 0.2) is 64.6 Å². The van der Waals surface area contributed by atoms with Gasteiger partial charge in [0.2, 0.25) is 11.9 Å². The second-order valence-electron chi connectivity index (χ2n) is 7.15. The van der Waals surface area contributed by atoms with E-state index in [0.29, 0.717) is 11.9 Å². The van der Waals surface area contributed by atoms with Crippen LogP contribution in [0.4, 0.5) is 5.69 Å². The van der Waals surface area contributed by atoms with Gasteiger partial charge in [-0.25, -0.2) is 4.99 Å². The zero-order valence-electron chi connectivity index (χ0n) is 14.9. The van der Waals surface area contributed by atoms with E-state index in [2.05, 4.69) is 58.4 Å². The second kappa shape index (κ2) is 6.83. The Morgan fingerprint density at radius 2 is 1.62 bits per heavy atom. The van der Waals surface area contributed by atoms with Crippen LogP contribution in [0.3, 0.4) is 0 Å². The number of hydrogen-bond acceptors (Lipinski definition) is 5. The van der Waals surface area contributed by atoms with E-state index in [-0.39, 0.29) is 5.66 Å². The molecule has 1 fully saturated rings. The molecule has 134 valence electrons. The van der Waals surface area contributed by atoms with Gasteiger partial charge >= 0.3 is 0 Å². The number of rotatable bonds is 3. The molecule has 4 rings (SSSR count). The van der Waals surface area contributed by atoms with E-state index in [0.717, 1.165) is 37.8 Å². The van der Waals surface area contributed by atoms with Crippen molar-refractivity contribution in [3.8, 4) is 0 Å². The first-order valence-corrected chi connectivity index (χ1v) is 9.29. The van der Waals surface area contributed by atoms with Crippen LogP contribution >= 0.6 is 0 Å². The van der Waals surface area contributed by atoms with Crippen LogP contribution in [0.25, 0.3) is 0 Å². The lowest BCUT2D eigenvalue weighted by atomic mass is 9.87. The molecule has 5 heteroatoms. The van der Waals surface area contributed by atoms with Gasteiger partial charge in [0.1, 0.15) is 5.66 Å². The number of anilines is 1. The summed E-state index contributed by atoms with van der Waals surface area (Å²) in [4.78, 5) is 11.1. The van der Waals surface area contributed by atoms with Crippen LogP contribution in [0, 0.1) is 0 Å². The zero-order valence-corrected chi connectivity index (χ0v) is 14.9. The van der Waals surface area contributed by atoms with Crippen LogP contribution in [0.2, 0.25) is 0 Å². The number of nitrogens with two attached hydrogens (primary N) is 2. The molecule has 0 bridgehead atoms. The van der Waals surface area contributed by atoms with Crippen molar-refractivity contribution in [3.05, 3.63) is 65.7 Å². The van der Waals surface area contributed by atoms with Gasteiger partial charge in [0.05, 0.1) is 0 Å². The van der Waals surface area contributed by atoms with Crippen LogP contribution in [-0.4, -0.2) is 17.6 Å². The summed E-state index contributed by atoms with van der Waals surface area (Å²) in [7, 11) is 0. The van der Waals surface area contributed by atoms with E-state index in [1.54, 1.807) is 0 Å². The van der Waals surface area contributed by atoms with Crippen molar-refractivity contribution in [2.45, 2.75) is 44.2 Å². The van der Waals surface area contributed by atoms with Crippen molar-refractivity contribution in [1.82, 2.24) is 0 Å². The minimum absolute atomic E-state index is 0.293. The Balaban J connectivity index is 1.69. The van der Waals surface area contributed by atoms with Gasteiger partial charge in [-0.05, 0) is 55.4 Å². The topological polar surface area (TPSA) is 80.0 Å². The summed E-state index contributed by atoms with van der Waals surface area (Å²) >= 11 is 0. The normalized spacial score (nSPS) is 19.2. The smallest absolute Gasteiger partial charge is 0.220 e. The van der Waals surface area contributed by atoms with Crippen molar-refractivity contribution >= 4 is 17.6 Å². The lowest BCUT2D eigenvalue weighted by molar-refractivity contribution is 0.305. The number of aliphatic imine (C=N–C) groups is 2. The molecule has 5 nitrogen and oxygen atoms in total. The maximum atomic E-state index is 6.32. The molecule has 0 atom stereocenters. The summed E-state index contributed by atoms with van der Waals surface area (Å²) in [5, 5.41) is 0. The van der Waals surface area contributed by atoms with E-state index < -0.39 is 0 Å². The third-order valence-corrected chi connectivity index (χ3v) is 5.27. The average Bonchev–Trinajstić information content (AvgIpc) is 2.63. The Labute approximate surface area is 154 Å². The van der Waals surface area contributed by atoms with Crippen molar-refractivity contribution in [2.24, 2.45) is 21.5 Å². The quantitative estimate of drug-likeness (QED) is 0.893. The first kappa shape index (κ1) is 16.6. The maximum Gasteiger partial charge on any atom is 0.220 e. The largest absolute Gasteiger partial charge is 0.369 e. The molecule has 0 radical (unpaired) electrons. The molecule has 2 aliphatic rings. The SMILES string of the molecule is NC1=NC2(CCCCC2)N(c2cccc(Cc3ccccc3)c2)C(N)=N1. The average molecular weight is 347 g/mol. The first-order chi connectivity index (χ1) is 12.7. The highest BCUT2D eigenvalue weighted by Crippen LogP contribution is 2.39. The Hall–Kier alpha value is -2.82. The van der Waals surface area contributed by atoms with E-state index in [9.17, 15) is 0 Å². The van der Waals surface area contributed by atoms with E-state index in [1.807, 2.05) is 6.07 Å². The number of guanidine groups is 2. The molecule has 1 heterocycles. The molecule has 1 aliphatic carbocycles. The minimum Gasteiger partial charge on any atom is -0.369 e. The fourth-order valence-corrected chi connectivity index (χ4v) is 4.13. The maximum absolute atomic E-state index is 6.32. The van der Waals surface area contributed by atoms with Gasteiger partial charge in [-0.3, -0.25) is 4.90 Å². The minimum atomic E-state index is -0.389. The molecule has 26 heavy (non-hydrogen) atoms. The molecular weight excluding hydrogens is 322 g/mol. The lowest BCUT2D eigenvalue weighted by Crippen LogP contribution is -2.58. The molecule has 1 aliphatic heterocycles. The van der Waals surface area contributed by atoms with Crippen LogP contribution in [0.5, 0.6) is 0 Å². The van der Waals surface area contributed by atoms with Gasteiger partial charge in [-0.15, -0.1) is 0 Å². The predicted molar refractivity (Wildman–Crippen MR) is 107 cm³/mol. The number of benzene rings is 2. The summed E-state index contributed by atoms with van der Waals surface area (Å²) in [5.74, 6) is 0.734. The number of nitrogens with zero attached hydrogens (tertiary/aromatic N) is 3. The molecule has 2 aromatic rings. The molecule has 0 amide bonds. The molecule has 4 N–H and O–H groups in total. The van der Waals surface area contributed by atoms with Gasteiger partial charge in [0.25, 0.3) is 0 Å². The molecule has 2 aromatic carbocycles. The van der Waals surface area contributed by atoms with Crippen LogP contribution < -0.4 is 16.4 Å². The summed E-state index contributed by atoms with van der Waals surface area (Å²) < 4.78 is 0. The number of hydrogen-bond donors (Lipinski definition) is 2. The zero-order chi connectivity index (χ0) is 18.0. The third-order valence-electron chi connectivity index (χ3n) is 5.27. The van der Waals surface area contributed by atoms with Crippen molar-refractivity contribution in [3.63, 3.8) is 0 Å². The Kier molecular flexibility index (Phi) is 4.37.